The minimum Gasteiger partial charge on any atom is -0.493 e. The van der Waals surface area contributed by atoms with E-state index >= 15 is 0 Å². The third-order valence-electron chi connectivity index (χ3n) is 6.58. The second-order valence-electron chi connectivity index (χ2n) is 8.77. The Kier molecular flexibility index (Phi) is 6.13. The lowest BCUT2D eigenvalue weighted by atomic mass is 9.91. The quantitative estimate of drug-likeness (QED) is 0.506. The molecule has 0 radical (unpaired) electrons. The molecular formula is C27H27F3N2O. The zero-order chi connectivity index (χ0) is 22.8. The molecule has 2 aliphatic rings. The highest BCUT2D eigenvalue weighted by Crippen LogP contribution is 2.36. The molecule has 3 aromatic rings. The van der Waals surface area contributed by atoms with Crippen LogP contribution in [0.25, 0.3) is 11.1 Å². The molecule has 0 bridgehead atoms. The fourth-order valence-electron chi connectivity index (χ4n) is 4.90. The average molecular weight is 453 g/mol. The molecule has 1 fully saturated rings. The van der Waals surface area contributed by atoms with Crippen molar-refractivity contribution in [1.82, 2.24) is 10.6 Å². The van der Waals surface area contributed by atoms with E-state index in [2.05, 4.69) is 34.9 Å². The normalized spacial score (nSPS) is 20.3. The Morgan fingerprint density at radius 3 is 2.52 bits per heavy atom. The van der Waals surface area contributed by atoms with Crippen LogP contribution in [0.3, 0.4) is 0 Å². The van der Waals surface area contributed by atoms with Crippen LogP contribution in [0.5, 0.6) is 5.75 Å². The summed E-state index contributed by atoms with van der Waals surface area (Å²) in [5.74, 6) is 0.915. The predicted molar refractivity (Wildman–Crippen MR) is 123 cm³/mol. The van der Waals surface area contributed by atoms with Gasteiger partial charge in [0.2, 0.25) is 0 Å². The van der Waals surface area contributed by atoms with Gasteiger partial charge in [0.15, 0.2) is 0 Å². The Hall–Kier alpha value is -2.83. The molecule has 0 amide bonds. The number of halogens is 3. The average Bonchev–Trinajstić information content (AvgIpc) is 3.32. The van der Waals surface area contributed by atoms with Crippen molar-refractivity contribution < 1.29 is 17.9 Å². The minimum atomic E-state index is -4.33. The van der Waals surface area contributed by atoms with Gasteiger partial charge in [-0.1, -0.05) is 42.5 Å². The fourth-order valence-corrected chi connectivity index (χ4v) is 4.90. The maximum Gasteiger partial charge on any atom is 0.416 e. The molecular weight excluding hydrogens is 425 g/mol. The standard InChI is InChI=1S/C27H27F3N2O/c28-27(29,30)23-10-8-18(9-11-23)21-15-20-12-14-33-26(20)22(16-21)17-32-24-7-4-13-31-25(24)19-5-2-1-3-6-19/h1-3,5-6,8-11,15-16,24-25,31-32H,4,7,12-14,17H2. The second kappa shape index (κ2) is 9.20. The molecule has 172 valence electrons. The van der Waals surface area contributed by atoms with E-state index in [9.17, 15) is 13.2 Å². The number of benzene rings is 3. The summed E-state index contributed by atoms with van der Waals surface area (Å²) < 4.78 is 44.8. The van der Waals surface area contributed by atoms with Gasteiger partial charge >= 0.3 is 6.18 Å². The van der Waals surface area contributed by atoms with Crippen molar-refractivity contribution in [2.24, 2.45) is 0 Å². The van der Waals surface area contributed by atoms with E-state index in [0.717, 1.165) is 65.9 Å². The summed E-state index contributed by atoms with van der Waals surface area (Å²) in [4.78, 5) is 0. The lowest BCUT2D eigenvalue weighted by molar-refractivity contribution is -0.137. The third kappa shape index (κ3) is 4.77. The molecule has 33 heavy (non-hydrogen) atoms. The molecule has 6 heteroatoms. The van der Waals surface area contributed by atoms with Crippen molar-refractivity contribution in [1.29, 1.82) is 0 Å². The molecule has 2 unspecified atom stereocenters. The lowest BCUT2D eigenvalue weighted by Crippen LogP contribution is -2.45. The maximum absolute atomic E-state index is 13.0. The van der Waals surface area contributed by atoms with Gasteiger partial charge in [-0.3, -0.25) is 0 Å². The van der Waals surface area contributed by atoms with Crippen molar-refractivity contribution in [2.75, 3.05) is 13.2 Å². The van der Waals surface area contributed by atoms with Gasteiger partial charge in [0.05, 0.1) is 12.2 Å². The van der Waals surface area contributed by atoms with E-state index in [0.29, 0.717) is 13.2 Å². The predicted octanol–water partition coefficient (Wildman–Crippen LogP) is 5.89. The summed E-state index contributed by atoms with van der Waals surface area (Å²) in [7, 11) is 0. The number of ether oxygens (including phenoxy) is 1. The van der Waals surface area contributed by atoms with Crippen molar-refractivity contribution in [3.8, 4) is 16.9 Å². The number of rotatable bonds is 5. The van der Waals surface area contributed by atoms with Crippen molar-refractivity contribution >= 4 is 0 Å². The van der Waals surface area contributed by atoms with Crippen LogP contribution in [0.4, 0.5) is 13.2 Å². The van der Waals surface area contributed by atoms with Crippen LogP contribution in [0.2, 0.25) is 0 Å². The molecule has 0 aliphatic carbocycles. The van der Waals surface area contributed by atoms with Gasteiger partial charge < -0.3 is 15.4 Å². The first-order valence-corrected chi connectivity index (χ1v) is 11.5. The molecule has 0 aromatic heterocycles. The topological polar surface area (TPSA) is 33.3 Å². The number of alkyl halides is 3. The lowest BCUT2D eigenvalue weighted by Gasteiger charge is -2.34. The van der Waals surface area contributed by atoms with Crippen molar-refractivity contribution in [3.05, 3.63) is 89.0 Å². The van der Waals surface area contributed by atoms with Crippen LogP contribution < -0.4 is 15.4 Å². The SMILES string of the molecule is FC(F)(F)c1ccc(-c2cc3c(c(CNC4CCCNC4c4ccccc4)c2)OCC3)cc1. The zero-order valence-electron chi connectivity index (χ0n) is 18.3. The summed E-state index contributed by atoms with van der Waals surface area (Å²) in [6.07, 6.45) is -1.33. The number of hydrogen-bond acceptors (Lipinski definition) is 3. The Balaban J connectivity index is 1.39. The maximum atomic E-state index is 13.0. The van der Waals surface area contributed by atoms with Crippen LogP contribution in [-0.2, 0) is 19.1 Å². The molecule has 2 aliphatic heterocycles. The number of hydrogen-bond donors (Lipinski definition) is 2. The van der Waals surface area contributed by atoms with Gasteiger partial charge in [-0.2, -0.15) is 13.2 Å². The highest BCUT2D eigenvalue weighted by molar-refractivity contribution is 5.68. The molecule has 3 nitrogen and oxygen atoms in total. The smallest absolute Gasteiger partial charge is 0.416 e. The summed E-state index contributed by atoms with van der Waals surface area (Å²) >= 11 is 0. The Labute approximate surface area is 192 Å². The molecule has 0 saturated carbocycles. The summed E-state index contributed by atoms with van der Waals surface area (Å²) in [6.45, 7) is 2.28. The van der Waals surface area contributed by atoms with Crippen molar-refractivity contribution in [3.63, 3.8) is 0 Å². The summed E-state index contributed by atoms with van der Waals surface area (Å²) in [6, 6.07) is 20.5. The molecule has 2 atom stereocenters. The number of fused-ring (bicyclic) bond motifs is 1. The monoisotopic (exact) mass is 452 g/mol. The number of piperidine rings is 1. The number of nitrogens with one attached hydrogen (secondary N) is 2. The molecule has 3 aromatic carbocycles. The van der Waals surface area contributed by atoms with E-state index in [4.69, 9.17) is 4.74 Å². The molecule has 2 heterocycles. The minimum absolute atomic E-state index is 0.243. The first-order chi connectivity index (χ1) is 16.0. The van der Waals surface area contributed by atoms with Crippen LogP contribution >= 0.6 is 0 Å². The summed E-state index contributed by atoms with van der Waals surface area (Å²) in [5, 5.41) is 7.38. The largest absolute Gasteiger partial charge is 0.493 e. The van der Waals surface area contributed by atoms with Crippen molar-refractivity contribution in [2.45, 2.75) is 44.1 Å². The third-order valence-corrected chi connectivity index (χ3v) is 6.58. The summed E-state index contributed by atoms with van der Waals surface area (Å²) in [5.41, 5.74) is 4.51. The second-order valence-corrected chi connectivity index (χ2v) is 8.77. The van der Waals surface area contributed by atoms with Gasteiger partial charge in [-0.05, 0) is 65.9 Å². The molecule has 5 rings (SSSR count). The Bertz CT molecular complexity index is 1100. The van der Waals surface area contributed by atoms with Crippen LogP contribution in [-0.4, -0.2) is 19.2 Å². The molecule has 0 spiro atoms. The van der Waals surface area contributed by atoms with Gasteiger partial charge in [0.25, 0.3) is 0 Å². The molecule has 2 N–H and O–H groups in total. The van der Waals surface area contributed by atoms with E-state index in [1.165, 1.54) is 5.56 Å². The van der Waals surface area contributed by atoms with E-state index in [-0.39, 0.29) is 12.1 Å². The van der Waals surface area contributed by atoms with Crippen LogP contribution in [0, 0.1) is 0 Å². The van der Waals surface area contributed by atoms with Gasteiger partial charge in [-0.15, -0.1) is 0 Å². The first kappa shape index (κ1) is 22.0. The fraction of sp³-hybridized carbons (Fsp3) is 0.333. The zero-order valence-corrected chi connectivity index (χ0v) is 18.3. The van der Waals surface area contributed by atoms with Gasteiger partial charge in [0.1, 0.15) is 5.75 Å². The van der Waals surface area contributed by atoms with Gasteiger partial charge in [0, 0.05) is 30.6 Å². The van der Waals surface area contributed by atoms with Crippen LogP contribution in [0.1, 0.15) is 41.1 Å². The van der Waals surface area contributed by atoms with E-state index in [1.807, 2.05) is 18.2 Å². The highest BCUT2D eigenvalue weighted by atomic mass is 19.4. The van der Waals surface area contributed by atoms with Crippen LogP contribution in [0.15, 0.2) is 66.7 Å². The van der Waals surface area contributed by atoms with E-state index in [1.54, 1.807) is 12.1 Å². The Morgan fingerprint density at radius 1 is 0.970 bits per heavy atom. The highest BCUT2D eigenvalue weighted by Gasteiger charge is 2.30. The van der Waals surface area contributed by atoms with Gasteiger partial charge in [-0.25, -0.2) is 0 Å². The van der Waals surface area contributed by atoms with E-state index < -0.39 is 11.7 Å². The first-order valence-electron chi connectivity index (χ1n) is 11.5. The Morgan fingerprint density at radius 2 is 1.76 bits per heavy atom. The molecule has 1 saturated heterocycles.